The second-order valence-corrected chi connectivity index (χ2v) is 4.77. The Balaban J connectivity index is 2.45. The van der Waals surface area contributed by atoms with E-state index < -0.39 is 17.7 Å². The molecule has 0 bridgehead atoms. The first-order chi connectivity index (χ1) is 9.57. The number of hydrogen-bond acceptors (Lipinski definition) is 4. The van der Waals surface area contributed by atoms with Gasteiger partial charge in [0.2, 0.25) is 0 Å². The topological polar surface area (TPSA) is 83.6 Å². The molecule has 0 saturated heterocycles. The van der Waals surface area contributed by atoms with Crippen molar-refractivity contribution in [1.29, 1.82) is 0 Å². The summed E-state index contributed by atoms with van der Waals surface area (Å²) in [4.78, 5) is 25.4. The van der Waals surface area contributed by atoms with E-state index in [1.807, 2.05) is 30.3 Å². The van der Waals surface area contributed by atoms with Gasteiger partial charge >= 0.3 is 0 Å². The number of benzene rings is 1. The number of aliphatic hydroxyl groups excluding tert-OH is 1. The minimum atomic E-state index is -0.521. The normalized spacial score (nSPS) is 18.8. The minimum Gasteiger partial charge on any atom is -0.503 e. The summed E-state index contributed by atoms with van der Waals surface area (Å²) in [5.74, 6) is -1.24. The molecule has 1 amide bonds. The Kier molecular flexibility index (Phi) is 4.20. The van der Waals surface area contributed by atoms with Gasteiger partial charge in [-0.25, -0.2) is 0 Å². The number of aliphatic hydroxyl groups is 1. The molecule has 1 aromatic carbocycles. The molecule has 0 unspecified atom stereocenters. The second-order valence-electron chi connectivity index (χ2n) is 4.77. The zero-order valence-corrected chi connectivity index (χ0v) is 11.4. The van der Waals surface area contributed by atoms with E-state index in [9.17, 15) is 14.7 Å². The fraction of sp³-hybridized carbons (Fsp3) is 0.333. The van der Waals surface area contributed by atoms with Crippen molar-refractivity contribution >= 4 is 11.7 Å². The monoisotopic (exact) mass is 274 g/mol. The van der Waals surface area contributed by atoms with E-state index in [0.29, 0.717) is 19.5 Å². The Labute approximate surface area is 117 Å². The highest BCUT2D eigenvalue weighted by Gasteiger charge is 2.41. The Morgan fingerprint density at radius 3 is 2.55 bits per heavy atom. The first kappa shape index (κ1) is 14.3. The van der Waals surface area contributed by atoms with Crippen molar-refractivity contribution in [1.82, 2.24) is 4.90 Å². The lowest BCUT2D eigenvalue weighted by molar-refractivity contribution is -0.129. The van der Waals surface area contributed by atoms with Gasteiger partial charge in [0.15, 0.2) is 11.5 Å². The maximum atomic E-state index is 12.1. The molecule has 0 saturated carbocycles. The molecule has 1 aliphatic heterocycles. The fourth-order valence-corrected chi connectivity index (χ4v) is 2.49. The van der Waals surface area contributed by atoms with Crippen molar-refractivity contribution in [2.75, 3.05) is 13.1 Å². The third kappa shape index (κ3) is 2.44. The van der Waals surface area contributed by atoms with Crippen LogP contribution >= 0.6 is 0 Å². The van der Waals surface area contributed by atoms with Crippen LogP contribution in [0.25, 0.3) is 0 Å². The van der Waals surface area contributed by atoms with E-state index in [-0.39, 0.29) is 11.4 Å². The predicted octanol–water partition coefficient (Wildman–Crippen LogP) is 1.32. The number of amides is 1. The molecule has 5 nitrogen and oxygen atoms in total. The largest absolute Gasteiger partial charge is 0.503 e. The lowest BCUT2D eigenvalue weighted by atomic mass is 9.97. The number of ketones is 1. The molecule has 5 heteroatoms. The van der Waals surface area contributed by atoms with E-state index >= 15 is 0 Å². The molecule has 20 heavy (non-hydrogen) atoms. The smallest absolute Gasteiger partial charge is 0.290 e. The Hall–Kier alpha value is -2.14. The van der Waals surface area contributed by atoms with Gasteiger partial charge in [0.05, 0.1) is 11.6 Å². The summed E-state index contributed by atoms with van der Waals surface area (Å²) < 4.78 is 0. The van der Waals surface area contributed by atoms with Crippen LogP contribution in [-0.2, 0) is 9.59 Å². The summed E-state index contributed by atoms with van der Waals surface area (Å²) in [5, 5.41) is 9.97. The van der Waals surface area contributed by atoms with Crippen LogP contribution in [-0.4, -0.2) is 34.8 Å². The Morgan fingerprint density at radius 1 is 1.35 bits per heavy atom. The van der Waals surface area contributed by atoms with Crippen molar-refractivity contribution in [3.63, 3.8) is 0 Å². The lowest BCUT2D eigenvalue weighted by Crippen LogP contribution is -2.32. The van der Waals surface area contributed by atoms with Crippen LogP contribution in [0.15, 0.2) is 41.7 Å². The van der Waals surface area contributed by atoms with Crippen LogP contribution in [0.4, 0.5) is 0 Å². The minimum absolute atomic E-state index is 0.165. The summed E-state index contributed by atoms with van der Waals surface area (Å²) in [6.45, 7) is 2.22. The molecule has 106 valence electrons. The van der Waals surface area contributed by atoms with E-state index in [2.05, 4.69) is 0 Å². The maximum absolute atomic E-state index is 12.1. The molecule has 1 aliphatic rings. The SMILES string of the molecule is CC(=O)C1=C(O)C(=O)N(CCCN)[C@H]1c1ccccc1. The van der Waals surface area contributed by atoms with Crippen molar-refractivity contribution in [3.8, 4) is 0 Å². The average Bonchev–Trinajstić information content (AvgIpc) is 2.70. The van der Waals surface area contributed by atoms with Crippen LogP contribution in [0, 0.1) is 0 Å². The van der Waals surface area contributed by atoms with Gasteiger partial charge in [0, 0.05) is 6.54 Å². The summed E-state index contributed by atoms with van der Waals surface area (Å²) in [5.41, 5.74) is 6.46. The summed E-state index contributed by atoms with van der Waals surface area (Å²) in [6, 6.07) is 8.71. The van der Waals surface area contributed by atoms with Crippen LogP contribution in [0.2, 0.25) is 0 Å². The van der Waals surface area contributed by atoms with Gasteiger partial charge in [0.25, 0.3) is 5.91 Å². The van der Waals surface area contributed by atoms with Gasteiger partial charge in [-0.05, 0) is 25.5 Å². The molecule has 1 aromatic rings. The summed E-state index contributed by atoms with van der Waals surface area (Å²) >= 11 is 0. The van der Waals surface area contributed by atoms with Gasteiger partial charge in [-0.3, -0.25) is 9.59 Å². The quantitative estimate of drug-likeness (QED) is 0.848. The zero-order valence-electron chi connectivity index (χ0n) is 11.4. The van der Waals surface area contributed by atoms with Crippen LogP contribution < -0.4 is 5.73 Å². The highest BCUT2D eigenvalue weighted by molar-refractivity contribution is 6.08. The zero-order chi connectivity index (χ0) is 14.7. The van der Waals surface area contributed by atoms with Gasteiger partial charge < -0.3 is 15.7 Å². The van der Waals surface area contributed by atoms with Gasteiger partial charge in [-0.2, -0.15) is 0 Å². The fourth-order valence-electron chi connectivity index (χ4n) is 2.49. The van der Waals surface area contributed by atoms with Gasteiger partial charge in [0.1, 0.15) is 0 Å². The molecule has 2 rings (SSSR count). The van der Waals surface area contributed by atoms with E-state index in [0.717, 1.165) is 5.56 Å². The molecule has 0 fully saturated rings. The molecular weight excluding hydrogens is 256 g/mol. The van der Waals surface area contributed by atoms with Crippen LogP contribution in [0.1, 0.15) is 24.9 Å². The molecular formula is C15H18N2O3. The second kappa shape index (κ2) is 5.88. The molecule has 0 aromatic heterocycles. The molecule has 1 atom stereocenters. The molecule has 0 spiro atoms. The van der Waals surface area contributed by atoms with E-state index in [1.54, 1.807) is 0 Å². The number of nitrogens with two attached hydrogens (primary N) is 1. The number of Topliss-reactive ketones (excluding diaryl/α,β-unsaturated/α-hetero) is 1. The van der Waals surface area contributed by atoms with E-state index in [1.165, 1.54) is 11.8 Å². The highest BCUT2D eigenvalue weighted by Crippen LogP contribution is 2.37. The van der Waals surface area contributed by atoms with Crippen molar-refractivity contribution in [2.24, 2.45) is 5.73 Å². The molecule has 0 aliphatic carbocycles. The Bertz CT molecular complexity index is 551. The maximum Gasteiger partial charge on any atom is 0.290 e. The summed E-state index contributed by atoms with van der Waals surface area (Å²) in [6.07, 6.45) is 0.619. The molecule has 3 N–H and O–H groups in total. The lowest BCUT2D eigenvalue weighted by Gasteiger charge is -2.26. The highest BCUT2D eigenvalue weighted by atomic mass is 16.3. The van der Waals surface area contributed by atoms with Gasteiger partial charge in [-0.15, -0.1) is 0 Å². The van der Waals surface area contributed by atoms with Gasteiger partial charge in [-0.1, -0.05) is 30.3 Å². The summed E-state index contributed by atoms with van der Waals surface area (Å²) in [7, 11) is 0. The number of carbonyl (C=O) groups excluding carboxylic acids is 2. The first-order valence-electron chi connectivity index (χ1n) is 6.58. The van der Waals surface area contributed by atoms with Crippen molar-refractivity contribution in [2.45, 2.75) is 19.4 Å². The number of nitrogens with zero attached hydrogens (tertiary/aromatic N) is 1. The van der Waals surface area contributed by atoms with Crippen molar-refractivity contribution in [3.05, 3.63) is 47.2 Å². The third-order valence-corrected chi connectivity index (χ3v) is 3.40. The number of carbonyl (C=O) groups is 2. The van der Waals surface area contributed by atoms with E-state index in [4.69, 9.17) is 5.73 Å². The standard InChI is InChI=1S/C15H18N2O3/c1-10(18)12-13(11-6-3-2-4-7-11)17(9-5-8-16)15(20)14(12)19/h2-4,6-7,13,19H,5,8-9,16H2,1H3/t13-/m0/s1. The number of hydrogen-bond donors (Lipinski definition) is 2. The average molecular weight is 274 g/mol. The van der Waals surface area contributed by atoms with Crippen LogP contribution in [0.3, 0.4) is 0 Å². The first-order valence-corrected chi connectivity index (χ1v) is 6.58. The molecule has 0 radical (unpaired) electrons. The van der Waals surface area contributed by atoms with Crippen molar-refractivity contribution < 1.29 is 14.7 Å². The third-order valence-electron chi connectivity index (χ3n) is 3.40. The number of rotatable bonds is 5. The van der Waals surface area contributed by atoms with Crippen LogP contribution in [0.5, 0.6) is 0 Å². The predicted molar refractivity (Wildman–Crippen MR) is 74.9 cm³/mol. The Morgan fingerprint density at radius 2 is 2.00 bits per heavy atom. The molecule has 1 heterocycles.